The van der Waals surface area contributed by atoms with Crippen molar-refractivity contribution < 1.29 is 67.5 Å². The second-order valence-corrected chi connectivity index (χ2v) is 7.50. The van der Waals surface area contributed by atoms with Gasteiger partial charge in [-0.15, -0.1) is 0 Å². The van der Waals surface area contributed by atoms with Gasteiger partial charge in [0, 0.05) is 12.0 Å². The highest BCUT2D eigenvalue weighted by molar-refractivity contribution is 7.87. The molecule has 0 aromatic rings. The van der Waals surface area contributed by atoms with E-state index in [0.29, 0.717) is 0 Å². The molecule has 0 aliphatic rings. The van der Waals surface area contributed by atoms with Crippen molar-refractivity contribution in [3.63, 3.8) is 0 Å². The van der Waals surface area contributed by atoms with E-state index in [9.17, 15) is 48.7 Å². The summed E-state index contributed by atoms with van der Waals surface area (Å²) in [5.41, 5.74) is -0.687. The van der Waals surface area contributed by atoms with Gasteiger partial charge in [0.25, 0.3) is 0 Å². The second-order valence-electron chi connectivity index (χ2n) is 6.03. The van der Waals surface area contributed by atoms with E-state index in [-0.39, 0.29) is 0 Å². The molecule has 0 saturated heterocycles. The smallest absolute Gasteiger partial charge is 0.458 e. The zero-order chi connectivity index (χ0) is 24.3. The van der Waals surface area contributed by atoms with Crippen LogP contribution in [0.5, 0.6) is 0 Å². The summed E-state index contributed by atoms with van der Waals surface area (Å²) in [5.74, 6) is -14.6. The van der Waals surface area contributed by atoms with Crippen LogP contribution >= 0.6 is 0 Å². The lowest BCUT2D eigenvalue weighted by atomic mass is 10.2. The number of hydrogen-bond acceptors (Lipinski definition) is 7. The predicted octanol–water partition coefficient (Wildman–Crippen LogP) is 2.84. The third kappa shape index (κ3) is 6.04. The standard InChI is InChI=1S/C14H17F7O8S/c1-7(2)9(22)29-12(13(17,18)19,10(23)28-8(3)4)27-6-5-11(15,16)14(20,21)30(24,25)26/h8H,1,5-6H2,2-4H3,(H,24,25,26). The van der Waals surface area contributed by atoms with Crippen molar-refractivity contribution in [1.82, 2.24) is 0 Å². The molecule has 176 valence electrons. The molecular weight excluding hydrogens is 461 g/mol. The van der Waals surface area contributed by atoms with Gasteiger partial charge in [0.2, 0.25) is 0 Å². The number of ether oxygens (including phenoxy) is 3. The lowest BCUT2D eigenvalue weighted by Gasteiger charge is -2.33. The maximum Gasteiger partial charge on any atom is 0.468 e. The number of esters is 2. The van der Waals surface area contributed by atoms with Gasteiger partial charge in [0.05, 0.1) is 12.7 Å². The van der Waals surface area contributed by atoms with E-state index in [1.165, 1.54) is 0 Å². The molecule has 16 heteroatoms. The van der Waals surface area contributed by atoms with E-state index in [2.05, 4.69) is 20.8 Å². The Bertz CT molecular complexity index is 776. The maximum atomic E-state index is 13.5. The van der Waals surface area contributed by atoms with Gasteiger partial charge < -0.3 is 14.2 Å². The molecule has 0 saturated carbocycles. The third-order valence-corrected chi connectivity index (χ3v) is 3.99. The minimum absolute atomic E-state index is 0.687. The number of carbonyl (C=O) groups excluding carboxylic acids is 2. The molecule has 1 unspecified atom stereocenters. The Hall–Kier alpha value is -1.94. The summed E-state index contributed by atoms with van der Waals surface area (Å²) >= 11 is 0. The average molecular weight is 478 g/mol. The summed E-state index contributed by atoms with van der Waals surface area (Å²) in [5, 5.41) is -6.10. The molecule has 1 atom stereocenters. The number of halogens is 7. The fourth-order valence-corrected chi connectivity index (χ4v) is 2.03. The Labute approximate surface area is 165 Å². The number of carbonyl (C=O) groups is 2. The Morgan fingerprint density at radius 3 is 1.87 bits per heavy atom. The van der Waals surface area contributed by atoms with E-state index in [1.54, 1.807) is 0 Å². The predicted molar refractivity (Wildman–Crippen MR) is 82.9 cm³/mol. The molecular formula is C14H17F7O8S. The fourth-order valence-electron chi connectivity index (χ4n) is 1.55. The van der Waals surface area contributed by atoms with Crippen LogP contribution in [0.4, 0.5) is 30.7 Å². The topological polar surface area (TPSA) is 116 Å². The first kappa shape index (κ1) is 28.1. The number of alkyl halides is 7. The molecule has 0 radical (unpaired) electrons. The van der Waals surface area contributed by atoms with E-state index >= 15 is 0 Å². The number of hydrogen-bond donors (Lipinski definition) is 1. The molecule has 0 heterocycles. The summed E-state index contributed by atoms with van der Waals surface area (Å²) in [6.45, 7) is 3.87. The molecule has 0 aromatic carbocycles. The summed E-state index contributed by atoms with van der Waals surface area (Å²) in [6.07, 6.45) is -9.65. The molecule has 8 nitrogen and oxygen atoms in total. The van der Waals surface area contributed by atoms with Crippen molar-refractivity contribution in [2.75, 3.05) is 6.61 Å². The monoisotopic (exact) mass is 478 g/mol. The van der Waals surface area contributed by atoms with Crippen molar-refractivity contribution in [3.05, 3.63) is 12.2 Å². The SMILES string of the molecule is C=C(C)C(=O)OC(OCCC(F)(F)C(F)(F)S(=O)(=O)O)(C(=O)OC(C)C)C(F)(F)F. The second kappa shape index (κ2) is 9.05. The number of rotatable bonds is 10. The van der Waals surface area contributed by atoms with Crippen LogP contribution < -0.4 is 0 Å². The molecule has 0 fully saturated rings. The van der Waals surface area contributed by atoms with Crippen molar-refractivity contribution in [3.8, 4) is 0 Å². The van der Waals surface area contributed by atoms with Gasteiger partial charge in [-0.3, -0.25) is 4.55 Å². The zero-order valence-electron chi connectivity index (χ0n) is 15.6. The largest absolute Gasteiger partial charge is 0.468 e. The summed E-state index contributed by atoms with van der Waals surface area (Å²) in [4.78, 5) is 23.5. The molecule has 0 amide bonds. The molecule has 0 aliphatic carbocycles. The molecule has 0 bridgehead atoms. The average Bonchev–Trinajstić information content (AvgIpc) is 2.50. The Kier molecular flexibility index (Phi) is 8.47. The van der Waals surface area contributed by atoms with Gasteiger partial charge in [0.1, 0.15) is 0 Å². The van der Waals surface area contributed by atoms with Crippen molar-refractivity contribution in [1.29, 1.82) is 0 Å². The van der Waals surface area contributed by atoms with E-state index in [0.717, 1.165) is 20.8 Å². The molecule has 0 aromatic heterocycles. The summed E-state index contributed by atoms with van der Waals surface area (Å²) in [7, 11) is -6.67. The van der Waals surface area contributed by atoms with Crippen LogP contribution in [0.25, 0.3) is 0 Å². The van der Waals surface area contributed by atoms with E-state index < -0.39 is 69.9 Å². The first-order chi connectivity index (χ1) is 13.1. The molecule has 1 N–H and O–H groups in total. The zero-order valence-corrected chi connectivity index (χ0v) is 16.4. The quantitative estimate of drug-likeness (QED) is 0.168. The Morgan fingerprint density at radius 1 is 1.07 bits per heavy atom. The van der Waals surface area contributed by atoms with Gasteiger partial charge >= 0.3 is 45.2 Å². The molecule has 0 spiro atoms. The Morgan fingerprint density at radius 2 is 1.53 bits per heavy atom. The normalized spacial score (nSPS) is 15.5. The van der Waals surface area contributed by atoms with E-state index in [1.807, 2.05) is 0 Å². The van der Waals surface area contributed by atoms with Gasteiger partial charge in [-0.2, -0.15) is 39.2 Å². The highest BCUT2D eigenvalue weighted by Crippen LogP contribution is 2.42. The Balaban J connectivity index is 6.03. The van der Waals surface area contributed by atoms with Crippen molar-refractivity contribution in [2.45, 2.75) is 56.4 Å². The van der Waals surface area contributed by atoms with Gasteiger partial charge in [-0.05, 0) is 20.8 Å². The van der Waals surface area contributed by atoms with Gasteiger partial charge in [0.15, 0.2) is 0 Å². The van der Waals surface area contributed by atoms with Gasteiger partial charge in [-0.25, -0.2) is 9.59 Å². The highest BCUT2D eigenvalue weighted by atomic mass is 32.2. The third-order valence-electron chi connectivity index (χ3n) is 3.04. The molecule has 0 aliphatic heterocycles. The van der Waals surface area contributed by atoms with E-state index in [4.69, 9.17) is 4.55 Å². The van der Waals surface area contributed by atoms with Crippen LogP contribution in [0, 0.1) is 0 Å². The molecule has 0 rings (SSSR count). The van der Waals surface area contributed by atoms with Crippen LogP contribution in [0.3, 0.4) is 0 Å². The highest BCUT2D eigenvalue weighted by Gasteiger charge is 2.69. The lowest BCUT2D eigenvalue weighted by Crippen LogP contribution is -2.59. The van der Waals surface area contributed by atoms with Crippen LogP contribution in [-0.4, -0.2) is 60.8 Å². The van der Waals surface area contributed by atoms with Crippen LogP contribution in [0.2, 0.25) is 0 Å². The maximum absolute atomic E-state index is 13.5. The van der Waals surface area contributed by atoms with Gasteiger partial charge in [-0.1, -0.05) is 6.58 Å². The fraction of sp³-hybridized carbons (Fsp3) is 0.714. The lowest BCUT2D eigenvalue weighted by molar-refractivity contribution is -0.358. The van der Waals surface area contributed by atoms with Crippen molar-refractivity contribution in [2.24, 2.45) is 0 Å². The van der Waals surface area contributed by atoms with Crippen LogP contribution in [0.15, 0.2) is 12.2 Å². The minimum Gasteiger partial charge on any atom is -0.458 e. The first-order valence-corrected chi connectivity index (χ1v) is 9.09. The molecule has 30 heavy (non-hydrogen) atoms. The summed E-state index contributed by atoms with van der Waals surface area (Å²) in [6, 6.07) is 0. The van der Waals surface area contributed by atoms with Crippen molar-refractivity contribution >= 4 is 22.1 Å². The summed E-state index contributed by atoms with van der Waals surface area (Å²) < 4.78 is 135. The van der Waals surface area contributed by atoms with Crippen LogP contribution in [0.1, 0.15) is 27.2 Å². The first-order valence-electron chi connectivity index (χ1n) is 7.65. The van der Waals surface area contributed by atoms with Crippen LogP contribution in [-0.2, 0) is 33.9 Å². The minimum atomic E-state index is -6.67.